The number of carbonyl (C=O) groups is 4. The molecule has 0 aliphatic heterocycles. The summed E-state index contributed by atoms with van der Waals surface area (Å²) in [5, 5.41) is 10.6. The molecular formula is C71H138O17P2. The second-order valence-corrected chi connectivity index (χ2v) is 29.3. The van der Waals surface area contributed by atoms with Crippen LogP contribution >= 0.6 is 15.6 Å². The lowest BCUT2D eigenvalue weighted by molar-refractivity contribution is -0.161. The maximum atomic E-state index is 13.0. The Morgan fingerprint density at radius 3 is 0.844 bits per heavy atom. The molecule has 0 spiro atoms. The Morgan fingerprint density at radius 1 is 0.322 bits per heavy atom. The molecule has 0 saturated heterocycles. The van der Waals surface area contributed by atoms with Crippen molar-refractivity contribution in [1.29, 1.82) is 0 Å². The van der Waals surface area contributed by atoms with Crippen molar-refractivity contribution in [3.8, 4) is 0 Å². The van der Waals surface area contributed by atoms with Gasteiger partial charge in [-0.05, 0) is 37.5 Å². The molecule has 19 heteroatoms. The first kappa shape index (κ1) is 88.1. The molecule has 0 heterocycles. The Hall–Kier alpha value is -1.94. The predicted molar refractivity (Wildman–Crippen MR) is 363 cm³/mol. The van der Waals surface area contributed by atoms with Crippen LogP contribution in [0.15, 0.2) is 0 Å². The lowest BCUT2D eigenvalue weighted by Gasteiger charge is -2.21. The molecule has 0 aromatic carbocycles. The van der Waals surface area contributed by atoms with Gasteiger partial charge in [0.05, 0.1) is 26.4 Å². The number of carbonyl (C=O) groups excluding carboxylic acids is 4. The van der Waals surface area contributed by atoms with Crippen molar-refractivity contribution in [1.82, 2.24) is 0 Å². The van der Waals surface area contributed by atoms with E-state index in [0.717, 1.165) is 115 Å². The number of unbranched alkanes of at least 4 members (excludes halogenated alkanes) is 39. The summed E-state index contributed by atoms with van der Waals surface area (Å²) in [5.41, 5.74) is 0. The molecule has 534 valence electrons. The average molecular weight is 1330 g/mol. The molecule has 17 nitrogen and oxygen atoms in total. The van der Waals surface area contributed by atoms with Crippen LogP contribution in [0.25, 0.3) is 0 Å². The van der Waals surface area contributed by atoms with Crippen molar-refractivity contribution in [2.75, 3.05) is 39.6 Å². The number of aliphatic hydroxyl groups is 1. The third-order valence-electron chi connectivity index (χ3n) is 16.8. The molecule has 0 aliphatic rings. The van der Waals surface area contributed by atoms with Gasteiger partial charge in [0.15, 0.2) is 12.2 Å². The number of hydrogen-bond acceptors (Lipinski definition) is 15. The van der Waals surface area contributed by atoms with E-state index >= 15 is 0 Å². The van der Waals surface area contributed by atoms with Crippen LogP contribution in [0.5, 0.6) is 0 Å². The number of phosphoric ester groups is 2. The highest BCUT2D eigenvalue weighted by Gasteiger charge is 2.30. The lowest BCUT2D eigenvalue weighted by atomic mass is 9.99. The molecule has 6 atom stereocenters. The summed E-state index contributed by atoms with van der Waals surface area (Å²) >= 11 is 0. The molecule has 3 unspecified atom stereocenters. The van der Waals surface area contributed by atoms with Gasteiger partial charge in [-0.15, -0.1) is 0 Å². The maximum absolute atomic E-state index is 13.0. The third-order valence-corrected chi connectivity index (χ3v) is 18.7. The Balaban J connectivity index is 5.20. The van der Waals surface area contributed by atoms with E-state index in [1.165, 1.54) is 167 Å². The van der Waals surface area contributed by atoms with Crippen LogP contribution in [0.1, 0.15) is 363 Å². The highest BCUT2D eigenvalue weighted by molar-refractivity contribution is 7.47. The van der Waals surface area contributed by atoms with Gasteiger partial charge in [-0.2, -0.15) is 0 Å². The molecule has 0 amide bonds. The molecule has 0 fully saturated rings. The molecule has 0 aliphatic carbocycles. The van der Waals surface area contributed by atoms with E-state index in [4.69, 9.17) is 37.0 Å². The first-order valence-electron chi connectivity index (χ1n) is 37.0. The molecule has 0 saturated carbocycles. The number of hydrogen-bond donors (Lipinski definition) is 3. The second kappa shape index (κ2) is 63.1. The Bertz CT molecular complexity index is 1750. The number of aliphatic hydroxyl groups excluding tert-OH is 1. The van der Waals surface area contributed by atoms with Gasteiger partial charge >= 0.3 is 39.5 Å². The number of rotatable bonds is 70. The number of ether oxygens (including phenoxy) is 4. The minimum Gasteiger partial charge on any atom is -0.462 e. The number of phosphoric acid groups is 2. The van der Waals surface area contributed by atoms with Crippen molar-refractivity contribution in [3.63, 3.8) is 0 Å². The minimum atomic E-state index is -4.95. The summed E-state index contributed by atoms with van der Waals surface area (Å²) in [6.07, 6.45) is 48.5. The van der Waals surface area contributed by atoms with Crippen LogP contribution < -0.4 is 0 Å². The van der Waals surface area contributed by atoms with E-state index in [-0.39, 0.29) is 25.7 Å². The van der Waals surface area contributed by atoms with Gasteiger partial charge in [-0.3, -0.25) is 37.3 Å². The molecule has 0 rings (SSSR count). The van der Waals surface area contributed by atoms with Crippen LogP contribution in [0.4, 0.5) is 0 Å². The van der Waals surface area contributed by atoms with Crippen LogP contribution in [0.3, 0.4) is 0 Å². The lowest BCUT2D eigenvalue weighted by Crippen LogP contribution is -2.30. The van der Waals surface area contributed by atoms with Crippen molar-refractivity contribution < 1.29 is 80.2 Å². The van der Waals surface area contributed by atoms with Crippen LogP contribution in [-0.2, 0) is 65.4 Å². The maximum Gasteiger partial charge on any atom is 0.472 e. The third kappa shape index (κ3) is 63.5. The molecule has 3 N–H and O–H groups in total. The van der Waals surface area contributed by atoms with E-state index in [1.807, 2.05) is 0 Å². The van der Waals surface area contributed by atoms with Crippen LogP contribution in [0, 0.1) is 11.8 Å². The van der Waals surface area contributed by atoms with E-state index in [1.54, 1.807) is 0 Å². The van der Waals surface area contributed by atoms with Crippen LogP contribution in [0.2, 0.25) is 0 Å². The molecule has 0 aromatic rings. The smallest absolute Gasteiger partial charge is 0.462 e. The summed E-state index contributed by atoms with van der Waals surface area (Å²) < 4.78 is 68.2. The SMILES string of the molecule is CCCCCCCCCCCCCCC(=O)O[C@H](COC(=O)CCCCCCCCC)COP(=O)(O)OC[C@H](O)COP(=O)(O)OC[C@@H](COC(=O)CCCCCCCCCCCCC(C)C)OC(=O)CCCCCCCCCCCCCCCCC(C)CC. The average Bonchev–Trinajstić information content (AvgIpc) is 3.63. The topological polar surface area (TPSA) is 237 Å². The summed E-state index contributed by atoms with van der Waals surface area (Å²) in [7, 11) is -9.90. The molecular weight excluding hydrogens is 1190 g/mol. The largest absolute Gasteiger partial charge is 0.472 e. The summed E-state index contributed by atoms with van der Waals surface area (Å²) in [6, 6.07) is 0. The van der Waals surface area contributed by atoms with Gasteiger partial charge in [0.1, 0.15) is 19.3 Å². The fourth-order valence-corrected chi connectivity index (χ4v) is 12.3. The van der Waals surface area contributed by atoms with E-state index in [2.05, 4.69) is 41.5 Å². The number of esters is 4. The Morgan fingerprint density at radius 2 is 0.567 bits per heavy atom. The van der Waals surface area contributed by atoms with Gasteiger partial charge < -0.3 is 33.8 Å². The Kier molecular flexibility index (Phi) is 61.8. The fraction of sp³-hybridized carbons (Fsp3) is 0.944. The van der Waals surface area contributed by atoms with Gasteiger partial charge in [0.25, 0.3) is 0 Å². The molecule has 0 bridgehead atoms. The zero-order valence-electron chi connectivity index (χ0n) is 58.4. The normalized spacial score (nSPS) is 14.4. The highest BCUT2D eigenvalue weighted by Crippen LogP contribution is 2.45. The summed E-state index contributed by atoms with van der Waals surface area (Å²) in [4.78, 5) is 72.4. The van der Waals surface area contributed by atoms with Gasteiger partial charge in [-0.25, -0.2) is 9.13 Å². The highest BCUT2D eigenvalue weighted by atomic mass is 31.2. The summed E-state index contributed by atoms with van der Waals surface area (Å²) in [5.74, 6) is -0.522. The molecule has 90 heavy (non-hydrogen) atoms. The minimum absolute atomic E-state index is 0.107. The van der Waals surface area contributed by atoms with Crippen molar-refractivity contribution in [3.05, 3.63) is 0 Å². The van der Waals surface area contributed by atoms with Crippen molar-refractivity contribution >= 4 is 39.5 Å². The second-order valence-electron chi connectivity index (χ2n) is 26.3. The summed E-state index contributed by atoms with van der Waals surface area (Å²) in [6.45, 7) is 9.57. The van der Waals surface area contributed by atoms with E-state index in [9.17, 15) is 43.2 Å². The zero-order valence-corrected chi connectivity index (χ0v) is 60.2. The van der Waals surface area contributed by atoms with Crippen LogP contribution in [-0.4, -0.2) is 96.7 Å². The zero-order chi connectivity index (χ0) is 66.5. The molecule has 0 aromatic heterocycles. The van der Waals surface area contributed by atoms with E-state index in [0.29, 0.717) is 25.7 Å². The first-order valence-corrected chi connectivity index (χ1v) is 40.0. The fourth-order valence-electron chi connectivity index (χ4n) is 10.7. The standard InChI is InChI=1S/C71H138O17P2/c1-7-10-12-14-16-17-18-24-31-37-43-49-55-70(75)87-66(59-81-68(73)53-47-41-33-15-13-11-8-2)61-85-89(77,78)83-57-65(72)58-84-90(79,80)86-62-67(60-82-69(74)54-48-42-36-30-27-26-28-34-39-45-51-63(4)5)88-71(76)56-50-44-38-32-25-22-20-19-21-23-29-35-40-46-52-64(6)9-3/h63-67,72H,7-62H2,1-6H3,(H,77,78)(H,79,80)/t64?,65-,66+,67+/m0/s1. The van der Waals surface area contributed by atoms with Gasteiger partial charge in [0, 0.05) is 25.7 Å². The quantitative estimate of drug-likeness (QED) is 0.0222. The monoisotopic (exact) mass is 1320 g/mol. The van der Waals surface area contributed by atoms with Crippen molar-refractivity contribution in [2.24, 2.45) is 11.8 Å². The Labute approximate surface area is 549 Å². The van der Waals surface area contributed by atoms with Gasteiger partial charge in [-0.1, -0.05) is 311 Å². The van der Waals surface area contributed by atoms with Gasteiger partial charge in [0.2, 0.25) is 0 Å². The van der Waals surface area contributed by atoms with E-state index < -0.39 is 97.5 Å². The first-order chi connectivity index (χ1) is 43.4. The van der Waals surface area contributed by atoms with Crippen molar-refractivity contribution in [2.45, 2.75) is 381 Å². The molecule has 0 radical (unpaired) electrons. The predicted octanol–water partition coefficient (Wildman–Crippen LogP) is 20.4.